The molecular weight excluding hydrogens is 246 g/mol. The van der Waals surface area contributed by atoms with Crippen molar-refractivity contribution in [1.29, 1.82) is 0 Å². The summed E-state index contributed by atoms with van der Waals surface area (Å²) in [5, 5.41) is 3.60. The minimum atomic E-state index is 0.590. The van der Waals surface area contributed by atoms with Gasteiger partial charge in [0.2, 0.25) is 0 Å². The third-order valence-corrected chi connectivity index (χ3v) is 5.36. The number of benzene rings is 1. The molecule has 3 nitrogen and oxygen atoms in total. The highest BCUT2D eigenvalue weighted by Gasteiger charge is 2.34. The molecule has 0 amide bonds. The number of nitrogens with zero attached hydrogens (tertiary/aromatic N) is 2. The Balaban J connectivity index is 1.49. The van der Waals surface area contributed by atoms with E-state index in [0.717, 1.165) is 19.1 Å². The van der Waals surface area contributed by atoms with Crippen LogP contribution in [0.4, 0.5) is 0 Å². The summed E-state index contributed by atoms with van der Waals surface area (Å²) in [6.07, 6.45) is 4.17. The smallest absolute Gasteiger partial charge is 0.0476 e. The second-order valence-electron chi connectivity index (χ2n) is 6.53. The van der Waals surface area contributed by atoms with E-state index in [1.165, 1.54) is 51.0 Å². The maximum Gasteiger partial charge on any atom is 0.0476 e. The van der Waals surface area contributed by atoms with Gasteiger partial charge in [0.05, 0.1) is 0 Å². The third-order valence-electron chi connectivity index (χ3n) is 5.36. The largest absolute Gasteiger partial charge is 0.311 e. The number of rotatable bonds is 2. The second-order valence-corrected chi connectivity index (χ2v) is 6.53. The molecule has 2 atom stereocenters. The van der Waals surface area contributed by atoms with Crippen molar-refractivity contribution in [1.82, 2.24) is 15.1 Å². The Kier molecular flexibility index (Phi) is 3.51. The lowest BCUT2D eigenvalue weighted by atomic mass is 9.96. The van der Waals surface area contributed by atoms with E-state index < -0.39 is 0 Å². The van der Waals surface area contributed by atoms with Crippen LogP contribution in [0.25, 0.3) is 0 Å². The zero-order chi connectivity index (χ0) is 13.4. The molecule has 0 radical (unpaired) electrons. The molecule has 3 aliphatic heterocycles. The standard InChI is InChI=1S/C17H25N3/c1-2-6-16-14(5-1)11-18-12-17(16)20-10-7-15(13-20)19-8-3-4-9-19/h1-2,5-6,15,17-18H,3-4,7-13H2. The van der Waals surface area contributed by atoms with Crippen molar-refractivity contribution in [3.63, 3.8) is 0 Å². The van der Waals surface area contributed by atoms with Crippen LogP contribution in [-0.2, 0) is 6.54 Å². The summed E-state index contributed by atoms with van der Waals surface area (Å²) in [5.41, 5.74) is 3.06. The Labute approximate surface area is 121 Å². The van der Waals surface area contributed by atoms with Gasteiger partial charge in [0, 0.05) is 38.3 Å². The predicted octanol–water partition coefficient (Wildman–Crippen LogP) is 2.00. The van der Waals surface area contributed by atoms with Gasteiger partial charge < -0.3 is 5.32 Å². The van der Waals surface area contributed by atoms with Crippen molar-refractivity contribution in [3.8, 4) is 0 Å². The van der Waals surface area contributed by atoms with Crippen LogP contribution < -0.4 is 5.32 Å². The van der Waals surface area contributed by atoms with Crippen molar-refractivity contribution in [2.75, 3.05) is 32.7 Å². The van der Waals surface area contributed by atoms with Crippen LogP contribution in [0, 0.1) is 0 Å². The van der Waals surface area contributed by atoms with Crippen LogP contribution in [0.15, 0.2) is 24.3 Å². The monoisotopic (exact) mass is 271 g/mol. The van der Waals surface area contributed by atoms with E-state index in [4.69, 9.17) is 0 Å². The average Bonchev–Trinajstić information content (AvgIpc) is 3.17. The van der Waals surface area contributed by atoms with E-state index in [0.29, 0.717) is 6.04 Å². The Hall–Kier alpha value is -0.900. The fraction of sp³-hybridized carbons (Fsp3) is 0.647. The molecule has 0 spiro atoms. The normalized spacial score (nSPS) is 31.6. The Morgan fingerprint density at radius 1 is 1.00 bits per heavy atom. The van der Waals surface area contributed by atoms with E-state index in [9.17, 15) is 0 Å². The third kappa shape index (κ3) is 2.28. The maximum atomic E-state index is 3.60. The lowest BCUT2D eigenvalue weighted by Gasteiger charge is -2.34. The van der Waals surface area contributed by atoms with Crippen LogP contribution >= 0.6 is 0 Å². The molecule has 2 saturated heterocycles. The van der Waals surface area contributed by atoms with Gasteiger partial charge in [-0.15, -0.1) is 0 Å². The minimum Gasteiger partial charge on any atom is -0.311 e. The van der Waals surface area contributed by atoms with Gasteiger partial charge in [0.25, 0.3) is 0 Å². The van der Waals surface area contributed by atoms with E-state index in [2.05, 4.69) is 39.4 Å². The molecule has 1 aromatic rings. The van der Waals surface area contributed by atoms with Gasteiger partial charge in [-0.05, 0) is 43.5 Å². The van der Waals surface area contributed by atoms with Gasteiger partial charge in [-0.3, -0.25) is 9.80 Å². The van der Waals surface area contributed by atoms with Crippen molar-refractivity contribution >= 4 is 0 Å². The first-order valence-corrected chi connectivity index (χ1v) is 8.18. The summed E-state index contributed by atoms with van der Waals surface area (Å²) in [5.74, 6) is 0. The van der Waals surface area contributed by atoms with Crippen LogP contribution in [-0.4, -0.2) is 48.6 Å². The first kappa shape index (κ1) is 12.8. The summed E-state index contributed by atoms with van der Waals surface area (Å²) in [4.78, 5) is 5.44. The quantitative estimate of drug-likeness (QED) is 0.887. The van der Waals surface area contributed by atoms with Crippen LogP contribution in [0.3, 0.4) is 0 Å². The van der Waals surface area contributed by atoms with Gasteiger partial charge >= 0.3 is 0 Å². The molecule has 4 rings (SSSR count). The van der Waals surface area contributed by atoms with Gasteiger partial charge in [-0.25, -0.2) is 0 Å². The van der Waals surface area contributed by atoms with E-state index >= 15 is 0 Å². The van der Waals surface area contributed by atoms with Crippen LogP contribution in [0.2, 0.25) is 0 Å². The lowest BCUT2D eigenvalue weighted by Crippen LogP contribution is -2.41. The molecule has 0 aliphatic carbocycles. The van der Waals surface area contributed by atoms with Crippen molar-refractivity contribution in [2.24, 2.45) is 0 Å². The zero-order valence-electron chi connectivity index (χ0n) is 12.2. The van der Waals surface area contributed by atoms with Gasteiger partial charge in [0.15, 0.2) is 0 Å². The molecule has 108 valence electrons. The van der Waals surface area contributed by atoms with Gasteiger partial charge in [0.1, 0.15) is 0 Å². The predicted molar refractivity (Wildman–Crippen MR) is 81.7 cm³/mol. The summed E-state index contributed by atoms with van der Waals surface area (Å²) in [7, 11) is 0. The number of likely N-dealkylation sites (tertiary alicyclic amines) is 2. The molecule has 2 unspecified atom stereocenters. The number of hydrogen-bond acceptors (Lipinski definition) is 3. The Bertz CT molecular complexity index is 467. The molecule has 0 aromatic heterocycles. The van der Waals surface area contributed by atoms with E-state index in [1.807, 2.05) is 0 Å². The number of fused-ring (bicyclic) bond motifs is 1. The first-order valence-electron chi connectivity index (χ1n) is 8.18. The molecule has 3 heterocycles. The van der Waals surface area contributed by atoms with Gasteiger partial charge in [-0.1, -0.05) is 24.3 Å². The number of hydrogen-bond donors (Lipinski definition) is 1. The molecule has 3 aliphatic rings. The SMILES string of the molecule is c1ccc2c(c1)CNCC2N1CCC(N2CCCC2)C1. The average molecular weight is 271 g/mol. The molecule has 20 heavy (non-hydrogen) atoms. The molecule has 2 fully saturated rings. The summed E-state index contributed by atoms with van der Waals surface area (Å²) in [6.45, 7) is 7.35. The van der Waals surface area contributed by atoms with Crippen molar-refractivity contribution in [3.05, 3.63) is 35.4 Å². The Morgan fingerprint density at radius 2 is 1.85 bits per heavy atom. The van der Waals surface area contributed by atoms with E-state index in [1.54, 1.807) is 5.56 Å². The fourth-order valence-electron chi connectivity index (χ4n) is 4.26. The minimum absolute atomic E-state index is 0.590. The molecular formula is C17H25N3. The molecule has 1 N–H and O–H groups in total. The van der Waals surface area contributed by atoms with Crippen LogP contribution in [0.1, 0.15) is 36.4 Å². The zero-order valence-corrected chi connectivity index (χ0v) is 12.2. The number of nitrogens with one attached hydrogen (secondary N) is 1. The molecule has 0 saturated carbocycles. The van der Waals surface area contributed by atoms with E-state index in [-0.39, 0.29) is 0 Å². The molecule has 3 heteroatoms. The highest BCUT2D eigenvalue weighted by atomic mass is 15.3. The van der Waals surface area contributed by atoms with Crippen LogP contribution in [0.5, 0.6) is 0 Å². The summed E-state index contributed by atoms with van der Waals surface area (Å²) in [6, 6.07) is 10.4. The van der Waals surface area contributed by atoms with Crippen molar-refractivity contribution in [2.45, 2.75) is 37.9 Å². The lowest BCUT2D eigenvalue weighted by molar-refractivity contribution is 0.192. The molecule has 1 aromatic carbocycles. The topological polar surface area (TPSA) is 18.5 Å². The Morgan fingerprint density at radius 3 is 2.75 bits per heavy atom. The molecule has 0 bridgehead atoms. The highest BCUT2D eigenvalue weighted by Crippen LogP contribution is 2.31. The maximum absolute atomic E-state index is 3.60. The fourth-order valence-corrected chi connectivity index (χ4v) is 4.26. The second kappa shape index (κ2) is 5.47. The van der Waals surface area contributed by atoms with Gasteiger partial charge in [-0.2, -0.15) is 0 Å². The summed E-state index contributed by atoms with van der Waals surface area (Å²) < 4.78 is 0. The first-order chi connectivity index (χ1) is 9.92. The summed E-state index contributed by atoms with van der Waals surface area (Å²) >= 11 is 0. The van der Waals surface area contributed by atoms with Crippen molar-refractivity contribution < 1.29 is 0 Å². The highest BCUT2D eigenvalue weighted by molar-refractivity contribution is 5.32.